The van der Waals surface area contributed by atoms with Crippen molar-refractivity contribution in [3.63, 3.8) is 0 Å². The van der Waals surface area contributed by atoms with Crippen LogP contribution >= 0.6 is 15.9 Å². The highest BCUT2D eigenvalue weighted by Gasteiger charge is 2.14. The second kappa shape index (κ2) is 5.83. The van der Waals surface area contributed by atoms with E-state index in [2.05, 4.69) is 21.0 Å². The van der Waals surface area contributed by atoms with Crippen LogP contribution in [0.1, 0.15) is 12.5 Å². The second-order valence-electron chi connectivity index (χ2n) is 3.82. The summed E-state index contributed by atoms with van der Waals surface area (Å²) in [5.74, 6) is 1.16. The van der Waals surface area contributed by atoms with Crippen molar-refractivity contribution in [3.05, 3.63) is 46.3 Å². The Morgan fingerprint density at radius 1 is 1.47 bits per heavy atom. The van der Waals surface area contributed by atoms with Gasteiger partial charge in [-0.2, -0.15) is 5.10 Å². The topological polar surface area (TPSA) is 70.2 Å². The number of aromatic nitrogens is 2. The first-order valence-electron chi connectivity index (χ1n) is 5.67. The third-order valence-corrected chi connectivity index (χ3v) is 3.16. The third kappa shape index (κ3) is 3.11. The van der Waals surface area contributed by atoms with Crippen LogP contribution in [0.5, 0.6) is 11.5 Å². The molecular weight excluding hydrogens is 314 g/mol. The van der Waals surface area contributed by atoms with E-state index in [1.165, 1.54) is 6.07 Å². The predicted octanol–water partition coefficient (Wildman–Crippen LogP) is 3.50. The van der Waals surface area contributed by atoms with Crippen molar-refractivity contribution in [1.82, 2.24) is 9.78 Å². The number of alkyl halides is 1. The number of hydrogen-bond acceptors (Lipinski definition) is 4. The van der Waals surface area contributed by atoms with Gasteiger partial charge in [0.25, 0.3) is 5.69 Å². The lowest BCUT2D eigenvalue weighted by Crippen LogP contribution is -1.94. The van der Waals surface area contributed by atoms with E-state index in [-0.39, 0.29) is 5.69 Å². The summed E-state index contributed by atoms with van der Waals surface area (Å²) in [6, 6.07) is 4.67. The number of halogens is 1. The van der Waals surface area contributed by atoms with Gasteiger partial charge in [0.05, 0.1) is 17.3 Å². The molecule has 0 fully saturated rings. The SMILES string of the molecule is CCn1cc(Oc2ccc([N+](=O)[O-])c(CBr)c2)cn1. The Balaban J connectivity index is 2.23. The number of nitro groups is 1. The van der Waals surface area contributed by atoms with Gasteiger partial charge in [-0.15, -0.1) is 0 Å². The summed E-state index contributed by atoms with van der Waals surface area (Å²) >= 11 is 3.24. The molecule has 1 heterocycles. The first kappa shape index (κ1) is 13.5. The van der Waals surface area contributed by atoms with Crippen LogP contribution in [0.2, 0.25) is 0 Å². The Hall–Kier alpha value is -1.89. The Morgan fingerprint density at radius 3 is 2.84 bits per heavy atom. The van der Waals surface area contributed by atoms with Gasteiger partial charge in [0, 0.05) is 23.5 Å². The minimum absolute atomic E-state index is 0.0773. The Labute approximate surface area is 118 Å². The van der Waals surface area contributed by atoms with Crippen LogP contribution < -0.4 is 4.74 Å². The summed E-state index contributed by atoms with van der Waals surface area (Å²) in [4.78, 5) is 10.4. The van der Waals surface area contributed by atoms with Crippen LogP contribution in [-0.4, -0.2) is 14.7 Å². The van der Waals surface area contributed by atoms with E-state index in [0.29, 0.717) is 22.4 Å². The summed E-state index contributed by atoms with van der Waals surface area (Å²) in [5, 5.41) is 15.3. The molecule has 0 bridgehead atoms. The van der Waals surface area contributed by atoms with Crippen LogP contribution in [0.4, 0.5) is 5.69 Å². The predicted molar refractivity (Wildman–Crippen MR) is 73.7 cm³/mol. The summed E-state index contributed by atoms with van der Waals surface area (Å²) in [6.07, 6.45) is 3.38. The molecule has 19 heavy (non-hydrogen) atoms. The van der Waals surface area contributed by atoms with Crippen LogP contribution in [0.25, 0.3) is 0 Å². The Bertz CT molecular complexity index is 598. The van der Waals surface area contributed by atoms with Crippen LogP contribution in [0.15, 0.2) is 30.6 Å². The normalized spacial score (nSPS) is 10.4. The molecule has 1 aromatic heterocycles. The van der Waals surface area contributed by atoms with E-state index in [1.54, 1.807) is 29.2 Å². The zero-order valence-corrected chi connectivity index (χ0v) is 11.8. The number of aryl methyl sites for hydroxylation is 1. The van der Waals surface area contributed by atoms with Gasteiger partial charge in [-0.25, -0.2) is 0 Å². The van der Waals surface area contributed by atoms with E-state index < -0.39 is 4.92 Å². The molecule has 0 N–H and O–H groups in total. The summed E-state index contributed by atoms with van der Waals surface area (Å²) in [6.45, 7) is 2.74. The average Bonchev–Trinajstić information content (AvgIpc) is 2.86. The van der Waals surface area contributed by atoms with Gasteiger partial charge < -0.3 is 4.74 Å². The highest BCUT2D eigenvalue weighted by Crippen LogP contribution is 2.28. The van der Waals surface area contributed by atoms with Crippen molar-refractivity contribution in [2.45, 2.75) is 18.8 Å². The van der Waals surface area contributed by atoms with E-state index in [9.17, 15) is 10.1 Å². The monoisotopic (exact) mass is 325 g/mol. The maximum Gasteiger partial charge on any atom is 0.273 e. The molecule has 0 aliphatic carbocycles. The molecule has 2 rings (SSSR count). The zero-order valence-electron chi connectivity index (χ0n) is 10.2. The minimum atomic E-state index is -0.407. The Morgan fingerprint density at radius 2 is 2.26 bits per heavy atom. The fourth-order valence-electron chi connectivity index (χ4n) is 1.62. The largest absolute Gasteiger partial charge is 0.454 e. The van der Waals surface area contributed by atoms with Gasteiger partial charge >= 0.3 is 0 Å². The van der Waals surface area contributed by atoms with Crippen molar-refractivity contribution in [3.8, 4) is 11.5 Å². The van der Waals surface area contributed by atoms with Crippen molar-refractivity contribution >= 4 is 21.6 Å². The molecule has 0 aliphatic rings. The minimum Gasteiger partial charge on any atom is -0.454 e. The molecule has 0 unspecified atom stereocenters. The molecule has 0 amide bonds. The van der Waals surface area contributed by atoms with E-state index in [0.717, 1.165) is 6.54 Å². The van der Waals surface area contributed by atoms with Crippen molar-refractivity contribution in [2.75, 3.05) is 0 Å². The molecule has 100 valence electrons. The van der Waals surface area contributed by atoms with Gasteiger partial charge in [0.15, 0.2) is 5.75 Å². The summed E-state index contributed by atoms with van der Waals surface area (Å²) in [5.41, 5.74) is 0.652. The van der Waals surface area contributed by atoms with Crippen molar-refractivity contribution in [1.29, 1.82) is 0 Å². The molecule has 6 nitrogen and oxygen atoms in total. The van der Waals surface area contributed by atoms with Gasteiger partial charge in [0.2, 0.25) is 0 Å². The highest BCUT2D eigenvalue weighted by atomic mass is 79.9. The molecule has 7 heteroatoms. The molecule has 2 aromatic rings. The van der Waals surface area contributed by atoms with Gasteiger partial charge in [-0.3, -0.25) is 14.8 Å². The molecule has 0 saturated carbocycles. The molecule has 0 atom stereocenters. The summed E-state index contributed by atoms with van der Waals surface area (Å²) in [7, 11) is 0. The van der Waals surface area contributed by atoms with Crippen molar-refractivity contribution < 1.29 is 9.66 Å². The van der Waals surface area contributed by atoms with Crippen LogP contribution in [0.3, 0.4) is 0 Å². The lowest BCUT2D eigenvalue weighted by molar-refractivity contribution is -0.385. The number of nitro benzene ring substituents is 1. The quantitative estimate of drug-likeness (QED) is 0.479. The Kier molecular flexibility index (Phi) is 4.16. The zero-order chi connectivity index (χ0) is 13.8. The van der Waals surface area contributed by atoms with Crippen molar-refractivity contribution in [2.24, 2.45) is 0 Å². The standard InChI is InChI=1S/C12H12BrN3O3/c1-2-15-8-11(7-14-15)19-10-3-4-12(16(17)18)9(5-10)6-13/h3-5,7-8H,2,6H2,1H3. The number of benzene rings is 1. The molecule has 0 saturated heterocycles. The number of hydrogen-bond donors (Lipinski definition) is 0. The van der Waals surface area contributed by atoms with Crippen LogP contribution in [0, 0.1) is 10.1 Å². The lowest BCUT2D eigenvalue weighted by atomic mass is 10.2. The van der Waals surface area contributed by atoms with E-state index in [1.807, 2.05) is 6.92 Å². The van der Waals surface area contributed by atoms with Crippen LogP contribution in [-0.2, 0) is 11.9 Å². The average molecular weight is 326 g/mol. The molecule has 0 spiro atoms. The molecule has 0 radical (unpaired) electrons. The van der Waals surface area contributed by atoms with E-state index in [4.69, 9.17) is 4.74 Å². The first-order chi connectivity index (χ1) is 9.13. The van der Waals surface area contributed by atoms with Gasteiger partial charge in [0.1, 0.15) is 5.75 Å². The number of rotatable bonds is 5. The fourth-order valence-corrected chi connectivity index (χ4v) is 2.07. The molecular formula is C12H12BrN3O3. The molecule has 0 aliphatic heterocycles. The number of nitrogens with zero attached hydrogens (tertiary/aromatic N) is 3. The lowest BCUT2D eigenvalue weighted by Gasteiger charge is -2.05. The fraction of sp³-hybridized carbons (Fsp3) is 0.250. The summed E-state index contributed by atoms with van der Waals surface area (Å²) < 4.78 is 7.35. The number of ether oxygens (including phenoxy) is 1. The second-order valence-corrected chi connectivity index (χ2v) is 4.38. The maximum atomic E-state index is 10.8. The smallest absolute Gasteiger partial charge is 0.273 e. The molecule has 1 aromatic carbocycles. The van der Waals surface area contributed by atoms with Gasteiger partial charge in [-0.05, 0) is 19.1 Å². The first-order valence-corrected chi connectivity index (χ1v) is 6.79. The van der Waals surface area contributed by atoms with E-state index >= 15 is 0 Å². The highest BCUT2D eigenvalue weighted by molar-refractivity contribution is 9.08. The third-order valence-electron chi connectivity index (χ3n) is 2.56. The maximum absolute atomic E-state index is 10.8. The van der Waals surface area contributed by atoms with Gasteiger partial charge in [-0.1, -0.05) is 15.9 Å².